The number of thioether (sulfide) groups is 1. The minimum Gasteiger partial charge on any atom is -0.394 e. The van der Waals surface area contributed by atoms with Crippen molar-refractivity contribution in [2.45, 2.75) is 97.1 Å². The fourth-order valence-corrected chi connectivity index (χ4v) is 6.40. The summed E-state index contributed by atoms with van der Waals surface area (Å²) < 4.78 is 12.1. The molecule has 0 aromatic carbocycles. The number of nitrogens with one attached hydrogen (secondary N) is 1. The second-order valence-electron chi connectivity index (χ2n) is 7.72. The predicted molar refractivity (Wildman–Crippen MR) is 115 cm³/mol. The van der Waals surface area contributed by atoms with E-state index < -0.39 is 8.56 Å². The number of hydrogen-bond acceptors (Lipinski definition) is 5. The average Bonchev–Trinajstić information content (AvgIpc) is 2.61. The van der Waals surface area contributed by atoms with Crippen molar-refractivity contribution in [2.75, 3.05) is 18.9 Å². The van der Waals surface area contributed by atoms with Gasteiger partial charge in [0.25, 0.3) is 0 Å². The largest absolute Gasteiger partial charge is 0.394 e. The Morgan fingerprint density at radius 2 is 1.88 bits per heavy atom. The van der Waals surface area contributed by atoms with Crippen LogP contribution >= 0.6 is 11.8 Å². The Kier molecular flexibility index (Phi) is 14.0. The molecule has 0 aromatic rings. The molecule has 1 saturated heterocycles. The molecule has 0 amide bonds. The van der Waals surface area contributed by atoms with Crippen molar-refractivity contribution in [3.05, 3.63) is 0 Å². The van der Waals surface area contributed by atoms with Gasteiger partial charge in [-0.25, -0.2) is 5.48 Å². The van der Waals surface area contributed by atoms with Crippen LogP contribution in [0.3, 0.4) is 0 Å². The second kappa shape index (κ2) is 15.1. The van der Waals surface area contributed by atoms with Crippen molar-refractivity contribution in [3.8, 4) is 0 Å². The van der Waals surface area contributed by atoms with Crippen molar-refractivity contribution < 1.29 is 13.7 Å². The predicted octanol–water partition coefficient (Wildman–Crippen LogP) is 5.82. The maximum Gasteiger partial charge on any atom is 0.355 e. The van der Waals surface area contributed by atoms with E-state index in [-0.39, 0.29) is 0 Å². The molecule has 1 fully saturated rings. The molecule has 26 heavy (non-hydrogen) atoms. The molecular formula is C20H41NO3SSi. The maximum atomic E-state index is 11.9. The lowest BCUT2D eigenvalue weighted by molar-refractivity contribution is -0.111. The second-order valence-corrected chi connectivity index (χ2v) is 12.1. The number of hydrogen-bond donors (Lipinski definition) is 1. The summed E-state index contributed by atoms with van der Waals surface area (Å²) in [7, 11) is -2.13. The highest BCUT2D eigenvalue weighted by molar-refractivity contribution is 8.13. The topological polar surface area (TPSA) is 47.6 Å². The van der Waals surface area contributed by atoms with Gasteiger partial charge in [-0.15, -0.1) is 0 Å². The van der Waals surface area contributed by atoms with Crippen LogP contribution in [0.1, 0.15) is 84.5 Å². The van der Waals surface area contributed by atoms with E-state index in [1.807, 2.05) is 0 Å². The minimum atomic E-state index is -2.13. The maximum absolute atomic E-state index is 11.9. The molecular weight excluding hydrogens is 362 g/mol. The Balaban J connectivity index is 2.11. The molecule has 6 heteroatoms. The molecule has 0 spiro atoms. The van der Waals surface area contributed by atoms with Crippen LogP contribution < -0.4 is 5.48 Å². The summed E-state index contributed by atoms with van der Waals surface area (Å²) in [5.41, 5.74) is 3.19. The summed E-state index contributed by atoms with van der Waals surface area (Å²) in [5, 5.41) is 0.352. The lowest BCUT2D eigenvalue weighted by Gasteiger charge is -2.31. The molecule has 0 radical (unpaired) electrons. The Morgan fingerprint density at radius 1 is 1.12 bits per heavy atom. The number of rotatable bonds is 13. The van der Waals surface area contributed by atoms with Gasteiger partial charge < -0.3 is 8.95 Å². The fraction of sp³-hybridized carbons (Fsp3) is 0.950. The number of hydroxylamine groups is 1. The Hall–Kier alpha value is 0.117. The van der Waals surface area contributed by atoms with Crippen molar-refractivity contribution in [2.24, 2.45) is 5.92 Å². The van der Waals surface area contributed by atoms with Gasteiger partial charge in [0.05, 0.1) is 0 Å². The molecule has 0 bridgehead atoms. The highest BCUT2D eigenvalue weighted by Crippen LogP contribution is 2.22. The van der Waals surface area contributed by atoms with Crippen molar-refractivity contribution in [1.82, 2.24) is 5.48 Å². The van der Waals surface area contributed by atoms with Gasteiger partial charge >= 0.3 is 8.56 Å². The average molecular weight is 404 g/mol. The van der Waals surface area contributed by atoms with Crippen LogP contribution in [-0.2, 0) is 13.7 Å². The zero-order valence-electron chi connectivity index (χ0n) is 17.3. The molecule has 0 aliphatic carbocycles. The molecule has 4 nitrogen and oxygen atoms in total. The zero-order valence-corrected chi connectivity index (χ0v) is 19.1. The molecule has 1 N–H and O–H groups in total. The van der Waals surface area contributed by atoms with E-state index in [4.69, 9.17) is 8.95 Å². The monoisotopic (exact) mass is 403 g/mol. The minimum absolute atomic E-state index is 0.352. The summed E-state index contributed by atoms with van der Waals surface area (Å²) in [6, 6.07) is 0.955. The highest BCUT2D eigenvalue weighted by Gasteiger charge is 2.33. The van der Waals surface area contributed by atoms with Crippen LogP contribution in [0.5, 0.6) is 0 Å². The third-order valence-corrected chi connectivity index (χ3v) is 8.75. The molecule has 2 atom stereocenters. The van der Waals surface area contributed by atoms with Crippen LogP contribution in [0, 0.1) is 5.92 Å². The zero-order chi connectivity index (χ0) is 19.1. The van der Waals surface area contributed by atoms with Gasteiger partial charge in [0.2, 0.25) is 0 Å². The van der Waals surface area contributed by atoms with Crippen LogP contribution in [0.4, 0.5) is 0 Å². The van der Waals surface area contributed by atoms with E-state index in [1.165, 1.54) is 56.7 Å². The summed E-state index contributed by atoms with van der Waals surface area (Å²) in [5.74, 6) is 1.56. The first-order valence-corrected chi connectivity index (χ1v) is 14.3. The highest BCUT2D eigenvalue weighted by atomic mass is 32.2. The van der Waals surface area contributed by atoms with Crippen molar-refractivity contribution >= 4 is 25.4 Å². The van der Waals surface area contributed by atoms with Gasteiger partial charge in [-0.2, -0.15) is 0 Å². The smallest absolute Gasteiger partial charge is 0.355 e. The van der Waals surface area contributed by atoms with Crippen LogP contribution in [0.2, 0.25) is 12.6 Å². The molecule has 1 aliphatic rings. The molecule has 154 valence electrons. The number of carbonyl (C=O) groups is 1. The van der Waals surface area contributed by atoms with Crippen LogP contribution in [0.15, 0.2) is 0 Å². The number of unbranched alkanes of at least 4 members (excludes halogenated alkanes) is 5. The SMILES string of the molecule is CCCCCCCC(=O)SCCC[Si]1(C)OCCC(CCCC)CNO1. The van der Waals surface area contributed by atoms with Gasteiger partial charge in [-0.1, -0.05) is 64.1 Å². The van der Waals surface area contributed by atoms with E-state index >= 15 is 0 Å². The van der Waals surface area contributed by atoms with Gasteiger partial charge in [0, 0.05) is 25.3 Å². The van der Waals surface area contributed by atoms with E-state index in [0.29, 0.717) is 11.0 Å². The van der Waals surface area contributed by atoms with Crippen molar-refractivity contribution in [3.63, 3.8) is 0 Å². The molecule has 1 rings (SSSR count). The summed E-state index contributed by atoms with van der Waals surface area (Å²) in [4.78, 5) is 11.9. The summed E-state index contributed by atoms with van der Waals surface area (Å²) >= 11 is 1.50. The first-order chi connectivity index (χ1) is 12.6. The molecule has 1 aliphatic heterocycles. The van der Waals surface area contributed by atoms with E-state index in [9.17, 15) is 4.79 Å². The standard InChI is InChI=1S/C20H41NO3SSi/c1-4-6-8-9-10-13-20(22)25-16-11-17-26(3)23-15-14-19(12-7-5-2)18-21-24-26/h19,21H,4-18H2,1-3H3. The van der Waals surface area contributed by atoms with Gasteiger partial charge in [-0.3, -0.25) is 4.79 Å². The molecule has 0 aromatic heterocycles. The summed E-state index contributed by atoms with van der Waals surface area (Å²) in [6.45, 7) is 8.36. The quantitative estimate of drug-likeness (QED) is 0.310. The Labute approximate surface area is 166 Å². The van der Waals surface area contributed by atoms with Crippen molar-refractivity contribution in [1.29, 1.82) is 0 Å². The van der Waals surface area contributed by atoms with Gasteiger partial charge in [0.1, 0.15) is 0 Å². The third kappa shape index (κ3) is 11.8. The first-order valence-electron chi connectivity index (χ1n) is 10.8. The first kappa shape index (κ1) is 24.2. The molecule has 0 saturated carbocycles. The number of carbonyl (C=O) groups excluding carboxylic acids is 1. The lowest BCUT2D eigenvalue weighted by Crippen LogP contribution is -2.47. The normalized spacial score (nSPS) is 24.2. The third-order valence-electron chi connectivity index (χ3n) is 5.08. The van der Waals surface area contributed by atoms with Crippen LogP contribution in [-0.4, -0.2) is 32.6 Å². The van der Waals surface area contributed by atoms with Crippen LogP contribution in [0.25, 0.3) is 0 Å². The Bertz CT molecular complexity index is 361. The van der Waals surface area contributed by atoms with Gasteiger partial charge in [0.15, 0.2) is 5.12 Å². The fourth-order valence-electron chi connectivity index (χ4n) is 3.27. The molecule has 1 heterocycles. The van der Waals surface area contributed by atoms with Gasteiger partial charge in [-0.05, 0) is 44.2 Å². The molecule has 2 unspecified atom stereocenters. The lowest BCUT2D eigenvalue weighted by atomic mass is 9.99. The Morgan fingerprint density at radius 3 is 2.65 bits per heavy atom. The van der Waals surface area contributed by atoms with E-state index in [2.05, 4.69) is 25.9 Å². The van der Waals surface area contributed by atoms with E-state index in [0.717, 1.165) is 50.6 Å². The van der Waals surface area contributed by atoms with E-state index in [1.54, 1.807) is 0 Å². The summed E-state index contributed by atoms with van der Waals surface area (Å²) in [6.07, 6.45) is 12.7.